The third-order valence-corrected chi connectivity index (χ3v) is 1.63. The Bertz CT molecular complexity index is 333. The molecule has 62 valence electrons. The van der Waals surface area contributed by atoms with Crippen molar-refractivity contribution in [3.63, 3.8) is 0 Å². The van der Waals surface area contributed by atoms with E-state index in [0.717, 1.165) is 0 Å². The van der Waals surface area contributed by atoms with Crippen LogP contribution in [0, 0.1) is 11.8 Å². The first-order chi connectivity index (χ1) is 5.66. The molecule has 1 aromatic carbocycles. The Hall–Kier alpha value is -1.71. The first-order valence-corrected chi connectivity index (χ1v) is 3.33. The minimum Gasteiger partial charge on any atom is -0.478 e. The van der Waals surface area contributed by atoms with Crippen LogP contribution in [-0.2, 0) is 0 Å². The third-order valence-electron chi connectivity index (χ3n) is 1.63. The van der Waals surface area contributed by atoms with Crippen LogP contribution in [0.3, 0.4) is 0 Å². The average molecular weight is 165 g/mol. The van der Waals surface area contributed by atoms with E-state index in [1.54, 1.807) is 6.92 Å². The van der Waals surface area contributed by atoms with Gasteiger partial charge in [0, 0.05) is 0 Å². The molecule has 0 aliphatic heterocycles. The Balaban J connectivity index is 3.32. The molecule has 0 radical (unpaired) electrons. The Morgan fingerprint density at radius 3 is 2.67 bits per heavy atom. The Labute approximate surface area is 68.8 Å². The van der Waals surface area contributed by atoms with E-state index in [9.17, 15) is 9.70 Å². The van der Waals surface area contributed by atoms with Crippen LogP contribution in [0.25, 0.3) is 0 Å². The van der Waals surface area contributed by atoms with E-state index in [4.69, 9.17) is 5.11 Å². The molecule has 0 aliphatic rings. The molecule has 0 heterocycles. The Kier molecular flexibility index (Phi) is 2.19. The van der Waals surface area contributed by atoms with Gasteiger partial charge >= 0.3 is 5.97 Å². The van der Waals surface area contributed by atoms with Gasteiger partial charge in [0.05, 0.1) is 5.56 Å². The number of aromatic carboxylic acids is 1. The molecule has 1 N–H and O–H groups in total. The summed E-state index contributed by atoms with van der Waals surface area (Å²) in [5.74, 6) is -1.04. The fourth-order valence-electron chi connectivity index (χ4n) is 0.954. The predicted molar refractivity (Wildman–Crippen MR) is 43.6 cm³/mol. The number of nitroso groups, excluding NO2 is 1. The van der Waals surface area contributed by atoms with Gasteiger partial charge in [-0.15, -0.1) is 4.91 Å². The molecule has 1 rings (SSSR count). The monoisotopic (exact) mass is 165 g/mol. The highest BCUT2D eigenvalue weighted by Gasteiger charge is 2.09. The summed E-state index contributed by atoms with van der Waals surface area (Å²) in [6.07, 6.45) is 0. The predicted octanol–water partition coefficient (Wildman–Crippen LogP) is 2.09. The first kappa shape index (κ1) is 8.39. The SMILES string of the molecule is Cc1c(N=O)cccc1C(=O)O. The van der Waals surface area contributed by atoms with Crippen molar-refractivity contribution in [1.82, 2.24) is 0 Å². The summed E-state index contributed by atoms with van der Waals surface area (Å²) in [5.41, 5.74) is 0.696. The zero-order chi connectivity index (χ0) is 9.14. The van der Waals surface area contributed by atoms with Gasteiger partial charge in [0.1, 0.15) is 5.69 Å². The normalized spacial score (nSPS) is 9.42. The van der Waals surface area contributed by atoms with E-state index in [0.29, 0.717) is 5.56 Å². The topological polar surface area (TPSA) is 66.7 Å². The molecule has 0 aliphatic carbocycles. The van der Waals surface area contributed by atoms with Crippen molar-refractivity contribution in [2.24, 2.45) is 5.18 Å². The molecule has 0 saturated carbocycles. The van der Waals surface area contributed by atoms with Crippen molar-refractivity contribution in [2.45, 2.75) is 6.92 Å². The second-order valence-electron chi connectivity index (χ2n) is 2.35. The van der Waals surface area contributed by atoms with Gasteiger partial charge in [-0.05, 0) is 29.8 Å². The number of hydrogen-bond acceptors (Lipinski definition) is 3. The van der Waals surface area contributed by atoms with Crippen LogP contribution in [0.5, 0.6) is 0 Å². The minimum atomic E-state index is -1.04. The first-order valence-electron chi connectivity index (χ1n) is 3.33. The molecule has 0 amide bonds. The van der Waals surface area contributed by atoms with Crippen molar-refractivity contribution in [3.8, 4) is 0 Å². The van der Waals surface area contributed by atoms with Crippen molar-refractivity contribution in [1.29, 1.82) is 0 Å². The molecular weight excluding hydrogens is 158 g/mol. The van der Waals surface area contributed by atoms with Gasteiger partial charge in [0.15, 0.2) is 0 Å². The van der Waals surface area contributed by atoms with Crippen LogP contribution in [0.2, 0.25) is 0 Å². The number of rotatable bonds is 2. The molecule has 0 aromatic heterocycles. The van der Waals surface area contributed by atoms with Gasteiger partial charge in [-0.3, -0.25) is 0 Å². The lowest BCUT2D eigenvalue weighted by Gasteiger charge is -2.00. The molecule has 4 nitrogen and oxygen atoms in total. The summed E-state index contributed by atoms with van der Waals surface area (Å²) in [7, 11) is 0. The minimum absolute atomic E-state index is 0.118. The van der Waals surface area contributed by atoms with Gasteiger partial charge in [-0.25, -0.2) is 4.79 Å². The molecular formula is C8H7NO3. The summed E-state index contributed by atoms with van der Waals surface area (Å²) in [5, 5.41) is 11.3. The van der Waals surface area contributed by atoms with Crippen LogP contribution < -0.4 is 0 Å². The summed E-state index contributed by atoms with van der Waals surface area (Å²) in [6.45, 7) is 1.56. The number of carbonyl (C=O) groups is 1. The van der Waals surface area contributed by atoms with Gasteiger partial charge in [0.25, 0.3) is 0 Å². The fraction of sp³-hybridized carbons (Fsp3) is 0.125. The van der Waals surface area contributed by atoms with E-state index >= 15 is 0 Å². The number of carboxylic acids is 1. The number of carboxylic acid groups (broad SMARTS) is 1. The van der Waals surface area contributed by atoms with E-state index in [1.807, 2.05) is 0 Å². The van der Waals surface area contributed by atoms with Crippen molar-refractivity contribution in [3.05, 3.63) is 34.2 Å². The standard InChI is InChI=1S/C8H7NO3/c1-5-6(8(10)11)3-2-4-7(5)9-12/h2-4H,1H3,(H,10,11). The van der Waals surface area contributed by atoms with Gasteiger partial charge in [0.2, 0.25) is 0 Å². The van der Waals surface area contributed by atoms with E-state index in [-0.39, 0.29) is 11.3 Å². The maximum absolute atomic E-state index is 10.5. The average Bonchev–Trinajstić information content (AvgIpc) is 2.04. The molecule has 0 saturated heterocycles. The lowest BCUT2D eigenvalue weighted by atomic mass is 10.1. The van der Waals surface area contributed by atoms with E-state index in [2.05, 4.69) is 5.18 Å². The summed E-state index contributed by atoms with van der Waals surface area (Å²) in [4.78, 5) is 20.7. The quantitative estimate of drug-likeness (QED) is 0.682. The third kappa shape index (κ3) is 1.32. The fourth-order valence-corrected chi connectivity index (χ4v) is 0.954. The molecule has 0 fully saturated rings. The number of benzene rings is 1. The van der Waals surface area contributed by atoms with Crippen LogP contribution in [0.15, 0.2) is 23.4 Å². The van der Waals surface area contributed by atoms with Crippen LogP contribution >= 0.6 is 0 Å². The Morgan fingerprint density at radius 1 is 1.50 bits per heavy atom. The lowest BCUT2D eigenvalue weighted by Crippen LogP contribution is -1.98. The number of nitrogens with zero attached hydrogens (tertiary/aromatic N) is 1. The smallest absolute Gasteiger partial charge is 0.336 e. The second kappa shape index (κ2) is 3.13. The lowest BCUT2D eigenvalue weighted by molar-refractivity contribution is 0.0696. The largest absolute Gasteiger partial charge is 0.478 e. The van der Waals surface area contributed by atoms with Crippen LogP contribution in [0.4, 0.5) is 5.69 Å². The van der Waals surface area contributed by atoms with Crippen LogP contribution in [0.1, 0.15) is 15.9 Å². The van der Waals surface area contributed by atoms with Gasteiger partial charge in [-0.1, -0.05) is 6.07 Å². The summed E-state index contributed by atoms with van der Waals surface area (Å²) < 4.78 is 0. The molecule has 12 heavy (non-hydrogen) atoms. The maximum atomic E-state index is 10.5. The van der Waals surface area contributed by atoms with Crippen LogP contribution in [-0.4, -0.2) is 11.1 Å². The highest BCUT2D eigenvalue weighted by atomic mass is 16.4. The highest BCUT2D eigenvalue weighted by molar-refractivity contribution is 5.90. The summed E-state index contributed by atoms with van der Waals surface area (Å²) in [6, 6.07) is 4.41. The molecule has 0 spiro atoms. The van der Waals surface area contributed by atoms with Gasteiger partial charge < -0.3 is 5.11 Å². The highest BCUT2D eigenvalue weighted by Crippen LogP contribution is 2.21. The van der Waals surface area contributed by atoms with Crippen molar-refractivity contribution >= 4 is 11.7 Å². The second-order valence-corrected chi connectivity index (χ2v) is 2.35. The van der Waals surface area contributed by atoms with E-state index in [1.165, 1.54) is 18.2 Å². The Morgan fingerprint density at radius 2 is 2.17 bits per heavy atom. The molecule has 1 aromatic rings. The zero-order valence-corrected chi connectivity index (χ0v) is 6.44. The maximum Gasteiger partial charge on any atom is 0.336 e. The van der Waals surface area contributed by atoms with E-state index < -0.39 is 5.97 Å². The molecule has 0 bridgehead atoms. The molecule has 0 unspecified atom stereocenters. The zero-order valence-electron chi connectivity index (χ0n) is 6.44. The molecule has 0 atom stereocenters. The van der Waals surface area contributed by atoms with Gasteiger partial charge in [-0.2, -0.15) is 0 Å². The van der Waals surface area contributed by atoms with Crippen molar-refractivity contribution in [2.75, 3.05) is 0 Å². The summed E-state index contributed by atoms with van der Waals surface area (Å²) >= 11 is 0. The number of hydrogen-bond donors (Lipinski definition) is 1. The van der Waals surface area contributed by atoms with Crippen molar-refractivity contribution < 1.29 is 9.90 Å². The molecule has 4 heteroatoms.